The molecule has 0 aliphatic rings. The first-order chi connectivity index (χ1) is 14.6. The normalized spacial score (nSPS) is 10.7. The summed E-state index contributed by atoms with van der Waals surface area (Å²) in [6, 6.07) is 28.5. The van der Waals surface area contributed by atoms with E-state index in [9.17, 15) is 4.79 Å². The molecule has 0 radical (unpaired) electrons. The van der Waals surface area contributed by atoms with Crippen LogP contribution in [-0.4, -0.2) is 10.8 Å². The van der Waals surface area contributed by atoms with Crippen LogP contribution in [0.2, 0.25) is 10.0 Å². The minimum Gasteiger partial charge on any atom is -0.451 e. The SMILES string of the molecule is O=C(c1ccc(-c2ccc(Cl)c(Cl)c2)o1)N(Cc1ccccc1)Cc1ccccc1. The molecule has 30 heavy (non-hydrogen) atoms. The maximum Gasteiger partial charge on any atom is 0.290 e. The molecule has 0 saturated heterocycles. The van der Waals surface area contributed by atoms with E-state index in [2.05, 4.69) is 0 Å². The van der Waals surface area contributed by atoms with Gasteiger partial charge in [0.15, 0.2) is 5.76 Å². The van der Waals surface area contributed by atoms with E-state index in [0.29, 0.717) is 28.9 Å². The first-order valence-corrected chi connectivity index (χ1v) is 10.3. The third kappa shape index (κ3) is 4.76. The Hall–Kier alpha value is -3.01. The number of carbonyl (C=O) groups excluding carboxylic acids is 1. The van der Waals surface area contributed by atoms with Gasteiger partial charge in [-0.2, -0.15) is 0 Å². The van der Waals surface area contributed by atoms with E-state index < -0.39 is 0 Å². The molecule has 0 atom stereocenters. The molecule has 0 unspecified atom stereocenters. The Morgan fingerprint density at radius 3 is 1.90 bits per heavy atom. The van der Waals surface area contributed by atoms with Gasteiger partial charge in [-0.15, -0.1) is 0 Å². The van der Waals surface area contributed by atoms with E-state index in [4.69, 9.17) is 27.6 Å². The van der Waals surface area contributed by atoms with Crippen LogP contribution in [0.15, 0.2) is 95.4 Å². The second kappa shape index (κ2) is 9.21. The molecule has 0 N–H and O–H groups in total. The van der Waals surface area contributed by atoms with Crippen LogP contribution >= 0.6 is 23.2 Å². The van der Waals surface area contributed by atoms with E-state index in [1.54, 1.807) is 29.2 Å². The quantitative estimate of drug-likeness (QED) is 0.323. The lowest BCUT2D eigenvalue weighted by Gasteiger charge is -2.22. The van der Waals surface area contributed by atoms with Crippen molar-refractivity contribution in [3.63, 3.8) is 0 Å². The highest BCUT2D eigenvalue weighted by atomic mass is 35.5. The number of hydrogen-bond acceptors (Lipinski definition) is 2. The van der Waals surface area contributed by atoms with Gasteiger partial charge in [0.2, 0.25) is 0 Å². The highest BCUT2D eigenvalue weighted by molar-refractivity contribution is 6.42. The number of carbonyl (C=O) groups is 1. The zero-order chi connectivity index (χ0) is 20.9. The van der Waals surface area contributed by atoms with E-state index in [1.165, 1.54) is 0 Å². The molecule has 1 amide bonds. The van der Waals surface area contributed by atoms with Crippen LogP contribution in [0.4, 0.5) is 0 Å². The molecule has 5 heteroatoms. The number of rotatable bonds is 6. The predicted octanol–water partition coefficient (Wildman–Crippen LogP) is 7.10. The molecule has 0 spiro atoms. The standard InChI is InChI=1S/C25H19Cl2NO2/c26-21-12-11-20(15-22(21)27)23-13-14-24(30-23)25(29)28(16-18-7-3-1-4-8-18)17-19-9-5-2-6-10-19/h1-15H,16-17H2. The average molecular weight is 436 g/mol. The van der Waals surface area contributed by atoms with Crippen LogP contribution in [0.5, 0.6) is 0 Å². The van der Waals surface area contributed by atoms with Gasteiger partial charge in [0.1, 0.15) is 5.76 Å². The Kier molecular flexibility index (Phi) is 6.22. The molecule has 4 aromatic rings. The minimum atomic E-state index is -0.172. The Labute approximate surface area is 185 Å². The molecule has 0 aliphatic carbocycles. The van der Waals surface area contributed by atoms with E-state index >= 15 is 0 Å². The van der Waals surface area contributed by atoms with Gasteiger partial charge in [0.25, 0.3) is 5.91 Å². The molecule has 0 fully saturated rings. The van der Waals surface area contributed by atoms with Crippen molar-refractivity contribution in [2.45, 2.75) is 13.1 Å². The van der Waals surface area contributed by atoms with Crippen molar-refractivity contribution in [3.05, 3.63) is 118 Å². The number of furan rings is 1. The van der Waals surface area contributed by atoms with Crippen LogP contribution in [0.1, 0.15) is 21.7 Å². The topological polar surface area (TPSA) is 33.5 Å². The average Bonchev–Trinajstić information content (AvgIpc) is 3.26. The number of amides is 1. The van der Waals surface area contributed by atoms with Crippen molar-refractivity contribution in [2.24, 2.45) is 0 Å². The second-order valence-electron chi connectivity index (χ2n) is 6.93. The van der Waals surface area contributed by atoms with Gasteiger partial charge in [-0.1, -0.05) is 83.9 Å². The predicted molar refractivity (Wildman–Crippen MR) is 121 cm³/mol. The summed E-state index contributed by atoms with van der Waals surface area (Å²) in [6.45, 7) is 0.967. The molecule has 0 saturated carbocycles. The molecule has 150 valence electrons. The Morgan fingerprint density at radius 1 is 0.733 bits per heavy atom. The highest BCUT2D eigenvalue weighted by Gasteiger charge is 2.21. The van der Waals surface area contributed by atoms with E-state index in [0.717, 1.165) is 16.7 Å². The largest absolute Gasteiger partial charge is 0.451 e. The van der Waals surface area contributed by atoms with Gasteiger partial charge in [-0.05, 0) is 41.5 Å². The summed E-state index contributed by atoms with van der Waals surface area (Å²) < 4.78 is 5.89. The van der Waals surface area contributed by atoms with Crippen molar-refractivity contribution in [2.75, 3.05) is 0 Å². The fourth-order valence-electron chi connectivity index (χ4n) is 3.22. The molecule has 1 heterocycles. The molecular formula is C25H19Cl2NO2. The maximum absolute atomic E-state index is 13.3. The molecule has 0 bridgehead atoms. The number of benzene rings is 3. The van der Waals surface area contributed by atoms with Gasteiger partial charge < -0.3 is 9.32 Å². The van der Waals surface area contributed by atoms with Crippen molar-refractivity contribution < 1.29 is 9.21 Å². The second-order valence-corrected chi connectivity index (χ2v) is 7.74. The number of hydrogen-bond donors (Lipinski definition) is 0. The monoisotopic (exact) mass is 435 g/mol. The van der Waals surface area contributed by atoms with Gasteiger partial charge in [-0.3, -0.25) is 4.79 Å². The minimum absolute atomic E-state index is 0.172. The third-order valence-corrected chi connectivity index (χ3v) is 5.48. The van der Waals surface area contributed by atoms with Crippen LogP contribution in [0.3, 0.4) is 0 Å². The Balaban J connectivity index is 1.60. The van der Waals surface area contributed by atoms with Crippen LogP contribution in [-0.2, 0) is 13.1 Å². The molecule has 3 nitrogen and oxygen atoms in total. The van der Waals surface area contributed by atoms with Crippen LogP contribution < -0.4 is 0 Å². The third-order valence-electron chi connectivity index (χ3n) is 4.74. The Morgan fingerprint density at radius 2 is 1.33 bits per heavy atom. The van der Waals surface area contributed by atoms with Crippen LogP contribution in [0, 0.1) is 0 Å². The van der Waals surface area contributed by atoms with Gasteiger partial charge >= 0.3 is 0 Å². The van der Waals surface area contributed by atoms with E-state index in [-0.39, 0.29) is 11.7 Å². The van der Waals surface area contributed by atoms with Gasteiger partial charge in [-0.25, -0.2) is 0 Å². The molecule has 4 rings (SSSR count). The van der Waals surface area contributed by atoms with Crippen molar-refractivity contribution in [1.29, 1.82) is 0 Å². The lowest BCUT2D eigenvalue weighted by Crippen LogP contribution is -2.29. The first kappa shape index (κ1) is 20.3. The fraction of sp³-hybridized carbons (Fsp3) is 0.0800. The summed E-state index contributed by atoms with van der Waals surface area (Å²) in [7, 11) is 0. The first-order valence-electron chi connectivity index (χ1n) is 9.52. The fourth-order valence-corrected chi connectivity index (χ4v) is 3.52. The summed E-state index contributed by atoms with van der Waals surface area (Å²) >= 11 is 12.1. The zero-order valence-electron chi connectivity index (χ0n) is 16.1. The Bertz CT molecular complexity index is 1100. The lowest BCUT2D eigenvalue weighted by atomic mass is 10.1. The summed E-state index contributed by atoms with van der Waals surface area (Å²) in [5.41, 5.74) is 2.87. The van der Waals surface area contributed by atoms with Gasteiger partial charge in [0, 0.05) is 18.7 Å². The summed E-state index contributed by atoms with van der Waals surface area (Å²) in [5.74, 6) is 0.674. The molecular weight excluding hydrogens is 417 g/mol. The molecule has 1 aromatic heterocycles. The smallest absolute Gasteiger partial charge is 0.290 e. The van der Waals surface area contributed by atoms with Crippen molar-refractivity contribution in [1.82, 2.24) is 4.90 Å². The summed E-state index contributed by atoms with van der Waals surface area (Å²) in [6.07, 6.45) is 0. The lowest BCUT2D eigenvalue weighted by molar-refractivity contribution is 0.0698. The molecule has 3 aromatic carbocycles. The van der Waals surface area contributed by atoms with Crippen molar-refractivity contribution >= 4 is 29.1 Å². The summed E-state index contributed by atoms with van der Waals surface area (Å²) in [5, 5.41) is 0.911. The van der Waals surface area contributed by atoms with Crippen LogP contribution in [0.25, 0.3) is 11.3 Å². The van der Waals surface area contributed by atoms with E-state index in [1.807, 2.05) is 66.7 Å². The highest BCUT2D eigenvalue weighted by Crippen LogP contribution is 2.30. The van der Waals surface area contributed by atoms with Crippen molar-refractivity contribution in [3.8, 4) is 11.3 Å². The number of halogens is 2. The maximum atomic E-state index is 13.3. The van der Waals surface area contributed by atoms with Gasteiger partial charge in [0.05, 0.1) is 10.0 Å². The zero-order valence-corrected chi connectivity index (χ0v) is 17.6. The number of nitrogens with zero attached hydrogens (tertiary/aromatic N) is 1. The molecule has 0 aliphatic heterocycles. The summed E-state index contributed by atoms with van der Waals surface area (Å²) in [4.78, 5) is 15.1.